The van der Waals surface area contributed by atoms with E-state index in [-0.39, 0.29) is 5.70 Å². The first-order valence-corrected chi connectivity index (χ1v) is 8.26. The number of pyridine rings is 1. The summed E-state index contributed by atoms with van der Waals surface area (Å²) in [6, 6.07) is 4.96. The second-order valence-corrected chi connectivity index (χ2v) is 5.76. The lowest BCUT2D eigenvalue weighted by Crippen LogP contribution is -2.33. The normalized spacial score (nSPS) is 16.6. The number of alkyl halides is 2. The van der Waals surface area contributed by atoms with E-state index >= 15 is 0 Å². The number of rotatable bonds is 6. The van der Waals surface area contributed by atoms with Gasteiger partial charge in [-0.25, -0.2) is 13.8 Å². The molecule has 1 aliphatic heterocycles. The van der Waals surface area contributed by atoms with E-state index in [9.17, 15) is 8.78 Å². The number of nitrogens with zero attached hydrogens (tertiary/aromatic N) is 2. The van der Waals surface area contributed by atoms with E-state index in [0.717, 1.165) is 16.9 Å². The molecule has 0 fully saturated rings. The predicted molar refractivity (Wildman–Crippen MR) is 105 cm³/mol. The Bertz CT molecular complexity index is 910. The van der Waals surface area contributed by atoms with Crippen LogP contribution in [0.3, 0.4) is 0 Å². The summed E-state index contributed by atoms with van der Waals surface area (Å²) in [5.74, 6) is 0.502. The molecule has 1 aliphatic rings. The van der Waals surface area contributed by atoms with Crippen LogP contribution >= 0.6 is 0 Å². The van der Waals surface area contributed by atoms with Crippen LogP contribution in [0, 0.1) is 0 Å². The van der Waals surface area contributed by atoms with Gasteiger partial charge in [0.1, 0.15) is 0 Å². The topological polar surface area (TPSA) is 65.1 Å². The predicted octanol–water partition coefficient (Wildman–Crippen LogP) is 4.10. The van der Waals surface area contributed by atoms with Crippen molar-refractivity contribution in [2.24, 2.45) is 4.99 Å². The molecular weight excluding hydrogens is 348 g/mol. The number of anilines is 1. The van der Waals surface area contributed by atoms with Gasteiger partial charge in [0, 0.05) is 24.2 Å². The molecule has 0 bridgehead atoms. The highest BCUT2D eigenvalue weighted by atomic mass is 19.3. The van der Waals surface area contributed by atoms with Crippen LogP contribution in [-0.2, 0) is 0 Å². The lowest BCUT2D eigenvalue weighted by molar-refractivity contribution is 0.178. The van der Waals surface area contributed by atoms with E-state index in [1.807, 2.05) is 12.1 Å². The van der Waals surface area contributed by atoms with Crippen LogP contribution < -0.4 is 10.6 Å². The van der Waals surface area contributed by atoms with Crippen LogP contribution in [0.15, 0.2) is 84.6 Å². The first-order valence-electron chi connectivity index (χ1n) is 8.26. The highest BCUT2D eigenvalue weighted by Crippen LogP contribution is 2.19. The number of aliphatic imine (C=N–C) groups is 1. The molecule has 2 aromatic rings. The van der Waals surface area contributed by atoms with Crippen LogP contribution in [0.2, 0.25) is 0 Å². The maximum Gasteiger partial charge on any atom is 0.277 e. The minimum absolute atomic E-state index is 0.156. The molecule has 0 aliphatic carbocycles. The third-order valence-electron chi connectivity index (χ3n) is 3.93. The molecule has 0 saturated heterocycles. The van der Waals surface area contributed by atoms with Gasteiger partial charge in [-0.2, -0.15) is 0 Å². The summed E-state index contributed by atoms with van der Waals surface area (Å²) in [6.07, 6.45) is 8.85. The van der Waals surface area contributed by atoms with E-state index < -0.39 is 12.5 Å². The Labute approximate surface area is 155 Å². The van der Waals surface area contributed by atoms with Gasteiger partial charge in [-0.05, 0) is 24.3 Å². The number of H-pyrrole nitrogens is 1. The van der Waals surface area contributed by atoms with Crippen LogP contribution in [0.25, 0.3) is 6.08 Å². The number of nitrogens with one attached hydrogen (secondary N) is 3. The molecular formula is C20H19F2N5. The molecule has 2 aromatic heterocycles. The van der Waals surface area contributed by atoms with Crippen molar-refractivity contribution in [3.63, 3.8) is 0 Å². The summed E-state index contributed by atoms with van der Waals surface area (Å²) < 4.78 is 25.9. The third-order valence-corrected chi connectivity index (χ3v) is 3.93. The summed E-state index contributed by atoms with van der Waals surface area (Å²) in [5, 5.41) is 5.98. The molecule has 0 spiro atoms. The number of amidine groups is 1. The molecule has 3 rings (SSSR count). The zero-order chi connectivity index (χ0) is 19.2. The third kappa shape index (κ3) is 4.38. The van der Waals surface area contributed by atoms with Crippen molar-refractivity contribution in [2.45, 2.75) is 12.5 Å². The number of aromatic amines is 1. The van der Waals surface area contributed by atoms with E-state index in [1.54, 1.807) is 42.9 Å². The quantitative estimate of drug-likeness (QED) is 0.532. The summed E-state index contributed by atoms with van der Waals surface area (Å²) in [6.45, 7) is 7.73. The zero-order valence-electron chi connectivity index (χ0n) is 14.5. The standard InChI is InChI=1S/C20H19F2N5/c1-3-14-12-23-11-9-16(14)27-20(18-8-5-10-24-18)25-13(2)15-6-4-7-17(26-15)19(21)22/h3-12,15,19,24,26H,1-2H2,(H,23,25,27). The number of halogens is 2. The van der Waals surface area contributed by atoms with E-state index in [4.69, 9.17) is 0 Å². The van der Waals surface area contributed by atoms with Gasteiger partial charge in [0.05, 0.1) is 28.8 Å². The van der Waals surface area contributed by atoms with Gasteiger partial charge in [0.2, 0.25) is 0 Å². The van der Waals surface area contributed by atoms with Crippen molar-refractivity contribution in [2.75, 3.05) is 5.32 Å². The lowest BCUT2D eigenvalue weighted by Gasteiger charge is -2.22. The average molecular weight is 367 g/mol. The molecule has 5 nitrogen and oxygen atoms in total. The number of hydrogen-bond acceptors (Lipinski definition) is 3. The summed E-state index contributed by atoms with van der Waals surface area (Å²) >= 11 is 0. The van der Waals surface area contributed by atoms with Crippen LogP contribution in [0.4, 0.5) is 14.5 Å². The second kappa shape index (κ2) is 8.27. The fourth-order valence-electron chi connectivity index (χ4n) is 2.53. The van der Waals surface area contributed by atoms with Crippen LogP contribution in [0.1, 0.15) is 11.3 Å². The smallest absolute Gasteiger partial charge is 0.277 e. The van der Waals surface area contributed by atoms with Gasteiger partial charge in [-0.3, -0.25) is 4.98 Å². The Morgan fingerprint density at radius 2 is 2.22 bits per heavy atom. The van der Waals surface area contributed by atoms with Crippen molar-refractivity contribution < 1.29 is 8.78 Å². The molecule has 1 unspecified atom stereocenters. The monoisotopic (exact) mass is 367 g/mol. The molecule has 3 N–H and O–H groups in total. The van der Waals surface area contributed by atoms with Crippen LogP contribution in [-0.4, -0.2) is 28.3 Å². The first kappa shape index (κ1) is 18.3. The van der Waals surface area contributed by atoms with Gasteiger partial charge in [0.25, 0.3) is 6.43 Å². The SMILES string of the molecule is C=Cc1cnccc1N/C(=N/C(=C)C1C=CC=C(C(F)F)N1)c1ccc[nH]1. The minimum Gasteiger partial charge on any atom is -0.372 e. The maximum absolute atomic E-state index is 13.0. The Balaban J connectivity index is 1.88. The fourth-order valence-corrected chi connectivity index (χ4v) is 2.53. The zero-order valence-corrected chi connectivity index (χ0v) is 14.5. The Hall–Kier alpha value is -3.48. The molecule has 0 aromatic carbocycles. The lowest BCUT2D eigenvalue weighted by atomic mass is 10.1. The van der Waals surface area contributed by atoms with Gasteiger partial charge in [-0.15, -0.1) is 0 Å². The minimum atomic E-state index is -2.58. The number of dihydropyridines is 1. The van der Waals surface area contributed by atoms with Gasteiger partial charge in [-0.1, -0.05) is 31.4 Å². The summed E-state index contributed by atoms with van der Waals surface area (Å²) in [5.41, 5.74) is 2.54. The molecule has 0 saturated carbocycles. The number of aromatic nitrogens is 2. The van der Waals surface area contributed by atoms with Crippen molar-refractivity contribution in [1.82, 2.24) is 15.3 Å². The van der Waals surface area contributed by atoms with E-state index in [1.165, 1.54) is 6.08 Å². The first-order chi connectivity index (χ1) is 13.1. The second-order valence-electron chi connectivity index (χ2n) is 5.76. The van der Waals surface area contributed by atoms with Crippen LogP contribution in [0.5, 0.6) is 0 Å². The highest BCUT2D eigenvalue weighted by molar-refractivity contribution is 6.08. The van der Waals surface area contributed by atoms with Crippen molar-refractivity contribution in [3.05, 3.63) is 90.8 Å². The largest absolute Gasteiger partial charge is 0.372 e. The highest BCUT2D eigenvalue weighted by Gasteiger charge is 2.19. The molecule has 3 heterocycles. The molecule has 0 amide bonds. The van der Waals surface area contributed by atoms with Crippen molar-refractivity contribution in [1.29, 1.82) is 0 Å². The van der Waals surface area contributed by atoms with Gasteiger partial charge in [0.15, 0.2) is 5.84 Å². The van der Waals surface area contributed by atoms with Crippen molar-refractivity contribution in [3.8, 4) is 0 Å². The maximum atomic E-state index is 13.0. The summed E-state index contributed by atoms with van der Waals surface area (Å²) in [7, 11) is 0. The number of allylic oxidation sites excluding steroid dienone is 3. The summed E-state index contributed by atoms with van der Waals surface area (Å²) in [4.78, 5) is 11.7. The average Bonchev–Trinajstić information content (AvgIpc) is 3.22. The molecule has 7 heteroatoms. The molecule has 138 valence electrons. The van der Waals surface area contributed by atoms with E-state index in [0.29, 0.717) is 11.5 Å². The Morgan fingerprint density at radius 1 is 1.37 bits per heavy atom. The molecule has 1 atom stereocenters. The molecule has 27 heavy (non-hydrogen) atoms. The fraction of sp³-hybridized carbons (Fsp3) is 0.100. The molecule has 0 radical (unpaired) electrons. The van der Waals surface area contributed by atoms with Crippen molar-refractivity contribution >= 4 is 17.6 Å². The van der Waals surface area contributed by atoms with Gasteiger partial charge >= 0.3 is 0 Å². The number of hydrogen-bond donors (Lipinski definition) is 3. The Morgan fingerprint density at radius 3 is 2.93 bits per heavy atom. The van der Waals surface area contributed by atoms with E-state index in [2.05, 4.69) is 38.8 Å². The Kier molecular flexibility index (Phi) is 5.61. The van der Waals surface area contributed by atoms with Gasteiger partial charge < -0.3 is 15.6 Å².